The van der Waals surface area contributed by atoms with Gasteiger partial charge < -0.3 is 0 Å². The van der Waals surface area contributed by atoms with Gasteiger partial charge in [-0.05, 0) is 0 Å². The van der Waals surface area contributed by atoms with E-state index < -0.39 is 10.3 Å². The third-order valence-corrected chi connectivity index (χ3v) is 0.566. The highest BCUT2D eigenvalue weighted by molar-refractivity contribution is 7.83. The molecule has 5 nitrogen and oxygen atoms in total. The number of nitrogens with one attached hydrogen (secondary N) is 1. The van der Waals surface area contributed by atoms with Crippen molar-refractivity contribution < 1.29 is 17.8 Å². The number of rotatable bonds is 2. The second kappa shape index (κ2) is 2.22. The van der Waals surface area contributed by atoms with Gasteiger partial charge in [-0.3, -0.25) is 9.39 Å². The average Bonchev–Trinajstić information content (AvgIpc) is 1.30. The lowest BCUT2D eigenvalue weighted by Crippen LogP contribution is -2.20. The molecule has 0 rings (SSSR count). The molecule has 0 saturated heterocycles. The molecule has 2 N–H and O–H groups in total. The SMILES string of the molecule is CONS(=O)(=O)O. The van der Waals surface area contributed by atoms with Crippen LogP contribution in [0.4, 0.5) is 0 Å². The molecule has 0 heterocycles. The van der Waals surface area contributed by atoms with E-state index in [9.17, 15) is 8.42 Å². The van der Waals surface area contributed by atoms with E-state index in [0.717, 1.165) is 7.11 Å². The zero-order chi connectivity index (χ0) is 5.91. The Morgan fingerprint density at radius 2 is 2.14 bits per heavy atom. The first-order valence-electron chi connectivity index (χ1n) is 1.33. The van der Waals surface area contributed by atoms with Gasteiger partial charge in [-0.2, -0.15) is 8.42 Å². The summed E-state index contributed by atoms with van der Waals surface area (Å²) in [4.78, 5) is 5.13. The van der Waals surface area contributed by atoms with Crippen LogP contribution >= 0.6 is 0 Å². The van der Waals surface area contributed by atoms with E-state index in [0.29, 0.717) is 0 Å². The molecule has 0 amide bonds. The molecule has 0 atom stereocenters. The maximum Gasteiger partial charge on any atom is 0.355 e. The fourth-order valence-electron chi connectivity index (χ4n) is 0.105. The Hall–Kier alpha value is -0.170. The highest BCUT2D eigenvalue weighted by Gasteiger charge is 1.96. The van der Waals surface area contributed by atoms with Crippen LogP contribution in [0.25, 0.3) is 0 Å². The van der Waals surface area contributed by atoms with Crippen molar-refractivity contribution in [3.05, 3.63) is 0 Å². The third kappa shape index (κ3) is 5.83. The zero-order valence-electron chi connectivity index (χ0n) is 3.58. The van der Waals surface area contributed by atoms with Crippen LogP contribution < -0.4 is 4.89 Å². The van der Waals surface area contributed by atoms with Crippen molar-refractivity contribution in [1.29, 1.82) is 0 Å². The minimum atomic E-state index is -4.15. The van der Waals surface area contributed by atoms with Gasteiger partial charge in [0, 0.05) is 0 Å². The summed E-state index contributed by atoms with van der Waals surface area (Å²) in [6, 6.07) is 0. The largest absolute Gasteiger partial charge is 0.355 e. The van der Waals surface area contributed by atoms with E-state index >= 15 is 0 Å². The molecule has 0 radical (unpaired) electrons. The Labute approximate surface area is 41.1 Å². The van der Waals surface area contributed by atoms with Crippen molar-refractivity contribution in [1.82, 2.24) is 4.89 Å². The van der Waals surface area contributed by atoms with Crippen LogP contribution in [0.3, 0.4) is 0 Å². The summed E-state index contributed by atoms with van der Waals surface area (Å²) in [5.74, 6) is 0. The molecule has 0 saturated carbocycles. The molecular weight excluding hydrogens is 122 g/mol. The normalized spacial score (nSPS) is 11.7. The van der Waals surface area contributed by atoms with Crippen LogP contribution in [0.15, 0.2) is 0 Å². The van der Waals surface area contributed by atoms with Crippen molar-refractivity contribution in [3.8, 4) is 0 Å². The van der Waals surface area contributed by atoms with Crippen LogP contribution in [-0.2, 0) is 15.1 Å². The zero-order valence-corrected chi connectivity index (χ0v) is 4.40. The van der Waals surface area contributed by atoms with Crippen LogP contribution in [0.2, 0.25) is 0 Å². The van der Waals surface area contributed by atoms with E-state index in [1.54, 1.807) is 0 Å². The monoisotopic (exact) mass is 127 g/mol. The van der Waals surface area contributed by atoms with Crippen molar-refractivity contribution in [2.45, 2.75) is 0 Å². The first-order valence-corrected chi connectivity index (χ1v) is 2.77. The van der Waals surface area contributed by atoms with E-state index in [1.165, 1.54) is 4.89 Å². The number of hydrogen-bond acceptors (Lipinski definition) is 3. The van der Waals surface area contributed by atoms with Crippen molar-refractivity contribution >= 4 is 10.3 Å². The first kappa shape index (κ1) is 6.83. The highest BCUT2D eigenvalue weighted by atomic mass is 32.2. The molecular formula is CH5NO4S. The molecule has 0 aromatic carbocycles. The van der Waals surface area contributed by atoms with Gasteiger partial charge in [0.25, 0.3) is 0 Å². The van der Waals surface area contributed by atoms with Crippen LogP contribution in [0, 0.1) is 0 Å². The van der Waals surface area contributed by atoms with Crippen molar-refractivity contribution in [3.63, 3.8) is 0 Å². The maximum atomic E-state index is 9.55. The van der Waals surface area contributed by atoms with Gasteiger partial charge in [-0.1, -0.05) is 4.89 Å². The molecule has 6 heteroatoms. The summed E-state index contributed by atoms with van der Waals surface area (Å²) < 4.78 is 26.9. The van der Waals surface area contributed by atoms with E-state index in [-0.39, 0.29) is 0 Å². The van der Waals surface area contributed by atoms with Crippen LogP contribution in [0.1, 0.15) is 0 Å². The van der Waals surface area contributed by atoms with E-state index in [2.05, 4.69) is 4.84 Å². The van der Waals surface area contributed by atoms with Gasteiger partial charge >= 0.3 is 10.3 Å². The quantitative estimate of drug-likeness (QED) is 0.366. The lowest BCUT2D eigenvalue weighted by molar-refractivity contribution is 0.144. The van der Waals surface area contributed by atoms with Gasteiger partial charge in [0.1, 0.15) is 0 Å². The minimum Gasteiger partial charge on any atom is -0.289 e. The standard InChI is InChI=1S/CH5NO4S/c1-6-2-7(3,4)5/h2H,1H3,(H,3,4,5). The Balaban J connectivity index is 3.60. The lowest BCUT2D eigenvalue weighted by Gasteiger charge is -1.91. The topological polar surface area (TPSA) is 75.6 Å². The maximum absolute atomic E-state index is 9.55. The third-order valence-electron chi connectivity index (χ3n) is 0.189. The summed E-state index contributed by atoms with van der Waals surface area (Å²) in [6.07, 6.45) is 0. The Morgan fingerprint density at radius 3 is 2.14 bits per heavy atom. The van der Waals surface area contributed by atoms with Gasteiger partial charge in [0.2, 0.25) is 0 Å². The highest BCUT2D eigenvalue weighted by Crippen LogP contribution is 1.67. The molecule has 0 aromatic rings. The summed E-state index contributed by atoms with van der Waals surface area (Å²) >= 11 is 0. The molecule has 0 aliphatic carbocycles. The van der Waals surface area contributed by atoms with E-state index in [4.69, 9.17) is 4.55 Å². The molecule has 0 spiro atoms. The Kier molecular flexibility index (Phi) is 2.16. The lowest BCUT2D eigenvalue weighted by atomic mass is 11.7. The van der Waals surface area contributed by atoms with E-state index in [1.807, 2.05) is 0 Å². The van der Waals surface area contributed by atoms with Crippen LogP contribution in [0.5, 0.6) is 0 Å². The van der Waals surface area contributed by atoms with Crippen molar-refractivity contribution in [2.75, 3.05) is 7.11 Å². The smallest absolute Gasteiger partial charge is 0.289 e. The Bertz CT molecular complexity index is 125. The van der Waals surface area contributed by atoms with Gasteiger partial charge in [0.05, 0.1) is 7.11 Å². The van der Waals surface area contributed by atoms with Gasteiger partial charge in [0.15, 0.2) is 0 Å². The molecule has 0 aliphatic heterocycles. The predicted molar refractivity (Wildman–Crippen MR) is 21.7 cm³/mol. The molecule has 44 valence electrons. The fraction of sp³-hybridized carbons (Fsp3) is 1.00. The second-order valence-corrected chi connectivity index (χ2v) is 1.88. The molecule has 0 fully saturated rings. The molecule has 0 bridgehead atoms. The predicted octanol–water partition coefficient (Wildman–Crippen LogP) is -1.06. The molecule has 0 unspecified atom stereocenters. The van der Waals surface area contributed by atoms with Crippen LogP contribution in [-0.4, -0.2) is 20.1 Å². The summed E-state index contributed by atoms with van der Waals surface area (Å²) in [5, 5.41) is 0. The first-order chi connectivity index (χ1) is 3.06. The molecule has 7 heavy (non-hydrogen) atoms. The Morgan fingerprint density at radius 1 is 1.71 bits per heavy atom. The molecule has 0 aliphatic rings. The van der Waals surface area contributed by atoms with Gasteiger partial charge in [-0.25, -0.2) is 0 Å². The number of hydrogen-bond donors (Lipinski definition) is 2. The molecule has 0 aromatic heterocycles. The summed E-state index contributed by atoms with van der Waals surface area (Å²) in [6.45, 7) is 0. The minimum absolute atomic E-state index is 1.08. The average molecular weight is 127 g/mol. The summed E-state index contributed by atoms with van der Waals surface area (Å²) in [7, 11) is -3.07. The summed E-state index contributed by atoms with van der Waals surface area (Å²) in [5.41, 5.74) is 0. The fourth-order valence-corrected chi connectivity index (χ4v) is 0.316. The van der Waals surface area contributed by atoms with Gasteiger partial charge in [-0.15, -0.1) is 0 Å². The second-order valence-electron chi connectivity index (χ2n) is 0.763. The van der Waals surface area contributed by atoms with Crippen molar-refractivity contribution in [2.24, 2.45) is 0 Å².